The number of carbonyl (C=O) groups is 2. The van der Waals surface area contributed by atoms with Crippen molar-refractivity contribution in [3.63, 3.8) is 0 Å². The highest BCUT2D eigenvalue weighted by atomic mass is 19.4. The summed E-state index contributed by atoms with van der Waals surface area (Å²) in [6.07, 6.45) is 3.55. The summed E-state index contributed by atoms with van der Waals surface area (Å²) in [6.45, 7) is -0.742. The van der Waals surface area contributed by atoms with Crippen LogP contribution < -0.4 is 15.4 Å². The van der Waals surface area contributed by atoms with Crippen molar-refractivity contribution in [2.24, 2.45) is 5.92 Å². The standard InChI is InChI=1S/C27H28F3N5O3/c28-27(29,30)16-38-21-3-1-2-18(14-21)6-7-20-15-22-23(26(37)32-20)24(35(34-22)13-10-17-4-5-17)33-25(36)19-8-11-31-12-9-19/h1-3,8-9,11-12,14,17,20H,4-7,10,13,15-16H2,(H,32,37)(H,33,36). The van der Waals surface area contributed by atoms with E-state index in [1.807, 2.05) is 6.07 Å². The smallest absolute Gasteiger partial charge is 0.422 e. The van der Waals surface area contributed by atoms with Gasteiger partial charge in [0, 0.05) is 37.0 Å². The van der Waals surface area contributed by atoms with Gasteiger partial charge in [-0.1, -0.05) is 25.0 Å². The molecule has 0 saturated heterocycles. The molecule has 1 aromatic carbocycles. The number of benzene rings is 1. The molecule has 38 heavy (non-hydrogen) atoms. The molecule has 2 amide bonds. The number of aromatic nitrogens is 3. The first-order valence-electron chi connectivity index (χ1n) is 12.7. The van der Waals surface area contributed by atoms with Crippen LogP contribution >= 0.6 is 0 Å². The lowest BCUT2D eigenvalue weighted by Gasteiger charge is -2.23. The molecular weight excluding hydrogens is 499 g/mol. The molecule has 2 N–H and O–H groups in total. The largest absolute Gasteiger partial charge is 0.484 e. The molecule has 0 spiro atoms. The maximum Gasteiger partial charge on any atom is 0.422 e. The SMILES string of the molecule is O=C(Nc1c2c(nn1CCC1CC1)CC(CCc1cccc(OCC(F)(F)F)c1)NC2=O)c1ccncc1. The van der Waals surface area contributed by atoms with Crippen LogP contribution in [0.2, 0.25) is 0 Å². The molecule has 2 aromatic heterocycles. The highest BCUT2D eigenvalue weighted by Gasteiger charge is 2.33. The van der Waals surface area contributed by atoms with Crippen LogP contribution in [-0.4, -0.2) is 45.4 Å². The third-order valence-corrected chi connectivity index (χ3v) is 6.73. The molecule has 1 fully saturated rings. The highest BCUT2D eigenvalue weighted by Crippen LogP contribution is 2.34. The van der Waals surface area contributed by atoms with E-state index in [-0.39, 0.29) is 23.6 Å². The summed E-state index contributed by atoms with van der Waals surface area (Å²) in [5, 5.41) is 10.6. The van der Waals surface area contributed by atoms with Crippen LogP contribution in [-0.2, 0) is 19.4 Å². The maximum atomic E-state index is 13.2. The van der Waals surface area contributed by atoms with Crippen molar-refractivity contribution in [1.29, 1.82) is 0 Å². The van der Waals surface area contributed by atoms with Crippen LogP contribution in [0.3, 0.4) is 0 Å². The van der Waals surface area contributed by atoms with Gasteiger partial charge in [-0.2, -0.15) is 18.3 Å². The Balaban J connectivity index is 1.28. The van der Waals surface area contributed by atoms with Crippen LogP contribution in [0.5, 0.6) is 5.75 Å². The Labute approximate surface area is 217 Å². The second-order valence-electron chi connectivity index (χ2n) is 9.78. The van der Waals surface area contributed by atoms with E-state index in [0.717, 1.165) is 12.0 Å². The molecule has 0 bridgehead atoms. The Bertz CT molecular complexity index is 1310. The monoisotopic (exact) mass is 527 g/mol. The van der Waals surface area contributed by atoms with Gasteiger partial charge in [-0.3, -0.25) is 14.6 Å². The van der Waals surface area contributed by atoms with Gasteiger partial charge in [0.15, 0.2) is 6.61 Å². The molecule has 0 radical (unpaired) electrons. The summed E-state index contributed by atoms with van der Waals surface area (Å²) in [6, 6.07) is 9.54. The van der Waals surface area contributed by atoms with Gasteiger partial charge in [0.2, 0.25) is 0 Å². The van der Waals surface area contributed by atoms with Crippen LogP contribution in [0.4, 0.5) is 19.0 Å². The van der Waals surface area contributed by atoms with Gasteiger partial charge >= 0.3 is 6.18 Å². The number of hydrogen-bond donors (Lipinski definition) is 2. The minimum absolute atomic E-state index is 0.152. The fourth-order valence-corrected chi connectivity index (χ4v) is 4.59. The van der Waals surface area contributed by atoms with Crippen LogP contribution in [0, 0.1) is 5.92 Å². The van der Waals surface area contributed by atoms with Crippen molar-refractivity contribution in [2.75, 3.05) is 11.9 Å². The summed E-state index contributed by atoms with van der Waals surface area (Å²) in [5.74, 6) is 0.552. The number of alkyl halides is 3. The Morgan fingerprint density at radius 1 is 1.16 bits per heavy atom. The minimum atomic E-state index is -4.40. The van der Waals surface area contributed by atoms with Gasteiger partial charge in [0.05, 0.1) is 5.69 Å². The van der Waals surface area contributed by atoms with E-state index in [2.05, 4.69) is 15.6 Å². The third kappa shape index (κ3) is 6.51. The first-order valence-corrected chi connectivity index (χ1v) is 12.7. The predicted octanol–water partition coefficient (Wildman–Crippen LogP) is 4.56. The number of rotatable bonds is 10. The first kappa shape index (κ1) is 25.7. The number of pyridine rings is 1. The zero-order valence-electron chi connectivity index (χ0n) is 20.6. The number of anilines is 1. The van der Waals surface area contributed by atoms with E-state index in [1.165, 1.54) is 31.3 Å². The average molecular weight is 528 g/mol. The summed E-state index contributed by atoms with van der Waals surface area (Å²) < 4.78 is 44.0. The van der Waals surface area contributed by atoms with E-state index in [9.17, 15) is 22.8 Å². The number of carbonyl (C=O) groups excluding carboxylic acids is 2. The molecule has 8 nitrogen and oxygen atoms in total. The van der Waals surface area contributed by atoms with E-state index in [0.29, 0.717) is 54.4 Å². The van der Waals surface area contributed by atoms with Crippen molar-refractivity contribution < 1.29 is 27.5 Å². The predicted molar refractivity (Wildman–Crippen MR) is 133 cm³/mol. The molecule has 1 atom stereocenters. The van der Waals surface area contributed by atoms with E-state index >= 15 is 0 Å². The van der Waals surface area contributed by atoms with Crippen molar-refractivity contribution in [1.82, 2.24) is 20.1 Å². The second kappa shape index (κ2) is 10.8. The molecule has 1 aliphatic carbocycles. The quantitative estimate of drug-likeness (QED) is 0.403. The number of aryl methyl sites for hydroxylation is 2. The van der Waals surface area contributed by atoms with Gasteiger partial charge in [0.1, 0.15) is 17.1 Å². The Kier molecular flexibility index (Phi) is 7.35. The van der Waals surface area contributed by atoms with Crippen molar-refractivity contribution in [3.8, 4) is 5.75 Å². The van der Waals surface area contributed by atoms with Crippen molar-refractivity contribution in [2.45, 2.75) is 57.3 Å². The molecule has 3 aromatic rings. The third-order valence-electron chi connectivity index (χ3n) is 6.73. The minimum Gasteiger partial charge on any atom is -0.484 e. The van der Waals surface area contributed by atoms with Crippen LogP contribution in [0.25, 0.3) is 0 Å². The number of fused-ring (bicyclic) bond motifs is 1. The zero-order chi connectivity index (χ0) is 26.7. The Morgan fingerprint density at radius 3 is 2.68 bits per heavy atom. The maximum absolute atomic E-state index is 13.2. The Hall–Kier alpha value is -3.89. The molecule has 1 unspecified atom stereocenters. The number of nitrogens with zero attached hydrogens (tertiary/aromatic N) is 3. The number of nitrogens with one attached hydrogen (secondary N) is 2. The van der Waals surface area contributed by atoms with Gasteiger partial charge in [-0.25, -0.2) is 4.68 Å². The fourth-order valence-electron chi connectivity index (χ4n) is 4.59. The molecule has 11 heteroatoms. The van der Waals surface area contributed by atoms with Crippen molar-refractivity contribution >= 4 is 17.6 Å². The summed E-state index contributed by atoms with van der Waals surface area (Å²) >= 11 is 0. The molecular formula is C27H28F3N5O3. The molecule has 1 saturated carbocycles. The van der Waals surface area contributed by atoms with E-state index < -0.39 is 12.8 Å². The summed E-state index contributed by atoms with van der Waals surface area (Å²) in [4.78, 5) is 30.0. The topological polar surface area (TPSA) is 98.1 Å². The van der Waals surface area contributed by atoms with Gasteiger partial charge in [-0.15, -0.1) is 0 Å². The van der Waals surface area contributed by atoms with Gasteiger partial charge in [-0.05, 0) is 55.0 Å². The van der Waals surface area contributed by atoms with Crippen LogP contribution in [0.15, 0.2) is 48.8 Å². The van der Waals surface area contributed by atoms with Gasteiger partial charge in [0.25, 0.3) is 11.8 Å². The second-order valence-corrected chi connectivity index (χ2v) is 9.78. The lowest BCUT2D eigenvalue weighted by molar-refractivity contribution is -0.153. The van der Waals surface area contributed by atoms with Crippen LogP contribution in [0.1, 0.15) is 57.7 Å². The number of ether oxygens (including phenoxy) is 1. The summed E-state index contributed by atoms with van der Waals surface area (Å²) in [5.41, 5.74) is 2.24. The normalized spacial score (nSPS) is 17.0. The first-order chi connectivity index (χ1) is 18.2. The van der Waals surface area contributed by atoms with Gasteiger partial charge < -0.3 is 15.4 Å². The molecule has 2 aliphatic rings. The molecule has 3 heterocycles. The summed E-state index contributed by atoms with van der Waals surface area (Å²) in [7, 11) is 0. The average Bonchev–Trinajstić information content (AvgIpc) is 3.66. The zero-order valence-corrected chi connectivity index (χ0v) is 20.6. The number of hydrogen-bond acceptors (Lipinski definition) is 5. The fraction of sp³-hybridized carbons (Fsp3) is 0.407. The highest BCUT2D eigenvalue weighted by molar-refractivity contribution is 6.09. The molecule has 5 rings (SSSR count). The molecule has 1 aliphatic heterocycles. The lowest BCUT2D eigenvalue weighted by Crippen LogP contribution is -2.41. The Morgan fingerprint density at radius 2 is 1.95 bits per heavy atom. The van der Waals surface area contributed by atoms with E-state index in [4.69, 9.17) is 9.84 Å². The van der Waals surface area contributed by atoms with E-state index in [1.54, 1.807) is 28.9 Å². The number of halogens is 3. The van der Waals surface area contributed by atoms with Crippen molar-refractivity contribution in [3.05, 3.63) is 71.2 Å². The number of amides is 2. The lowest BCUT2D eigenvalue weighted by atomic mass is 9.96. The molecule has 200 valence electrons.